The van der Waals surface area contributed by atoms with Gasteiger partial charge in [0, 0.05) is 17.0 Å². The number of ether oxygens (including phenoxy) is 1. The minimum absolute atomic E-state index is 0.0513. The Kier molecular flexibility index (Phi) is 7.95. The molecule has 0 aromatic heterocycles. The van der Waals surface area contributed by atoms with Gasteiger partial charge in [-0.05, 0) is 48.4 Å². The fourth-order valence-electron chi connectivity index (χ4n) is 2.54. The number of halogens is 2. The van der Waals surface area contributed by atoms with Crippen molar-refractivity contribution in [2.24, 2.45) is 5.73 Å². The van der Waals surface area contributed by atoms with E-state index in [2.05, 4.69) is 5.32 Å². The van der Waals surface area contributed by atoms with Crippen LogP contribution in [-0.2, 0) is 9.53 Å². The number of carbonyl (C=O) groups excluding carboxylic acids is 3. The number of nitrogens with one attached hydrogen (secondary N) is 1. The molecule has 2 rings (SSSR count). The molecule has 0 unspecified atom stereocenters. The summed E-state index contributed by atoms with van der Waals surface area (Å²) in [4.78, 5) is 35.2. The lowest BCUT2D eigenvalue weighted by Crippen LogP contribution is -2.34. The van der Waals surface area contributed by atoms with Gasteiger partial charge in [-0.2, -0.15) is 0 Å². The number of amides is 2. The van der Waals surface area contributed by atoms with E-state index < -0.39 is 23.9 Å². The van der Waals surface area contributed by atoms with Crippen LogP contribution in [0.3, 0.4) is 0 Å². The van der Waals surface area contributed by atoms with E-state index >= 15 is 0 Å². The van der Waals surface area contributed by atoms with Crippen molar-refractivity contribution in [3.05, 3.63) is 70.5 Å². The summed E-state index contributed by atoms with van der Waals surface area (Å²) in [5, 5.41) is 3.01. The Morgan fingerprint density at radius 1 is 1.07 bits per heavy atom. The highest BCUT2D eigenvalue weighted by molar-refractivity contribution is 6.30. The number of esters is 1. The van der Waals surface area contributed by atoms with Gasteiger partial charge in [0.1, 0.15) is 5.82 Å². The Hall–Kier alpha value is -2.93. The Morgan fingerprint density at radius 2 is 1.71 bits per heavy atom. The summed E-state index contributed by atoms with van der Waals surface area (Å²) in [7, 11) is 0. The number of hydrogen-bond donors (Lipinski definition) is 2. The second-order valence-electron chi connectivity index (χ2n) is 6.07. The van der Waals surface area contributed by atoms with Gasteiger partial charge < -0.3 is 15.8 Å². The van der Waals surface area contributed by atoms with E-state index in [1.54, 1.807) is 24.3 Å². The molecule has 0 bridgehead atoms. The lowest BCUT2D eigenvalue weighted by Gasteiger charge is -2.17. The van der Waals surface area contributed by atoms with Gasteiger partial charge in [0.2, 0.25) is 0 Å². The number of benzene rings is 2. The minimum Gasteiger partial charge on any atom is -0.466 e. The highest BCUT2D eigenvalue weighted by Crippen LogP contribution is 2.20. The first-order valence-electron chi connectivity index (χ1n) is 8.61. The molecular weight excluding hydrogens is 387 g/mol. The second kappa shape index (κ2) is 10.4. The molecule has 0 saturated heterocycles. The normalized spacial score (nSPS) is 11.5. The monoisotopic (exact) mass is 406 g/mol. The maximum Gasteiger partial charge on any atom is 0.312 e. The molecule has 1 atom stereocenters. The highest BCUT2D eigenvalue weighted by atomic mass is 35.5. The van der Waals surface area contributed by atoms with Crippen LogP contribution in [0.2, 0.25) is 5.02 Å². The molecule has 0 saturated carbocycles. The summed E-state index contributed by atoms with van der Waals surface area (Å²) in [6, 6.07) is 10.5. The van der Waals surface area contributed by atoms with Crippen molar-refractivity contribution in [2.45, 2.75) is 25.3 Å². The lowest BCUT2D eigenvalue weighted by molar-refractivity contribution is -0.144. The lowest BCUT2D eigenvalue weighted by atomic mass is 10.0. The maximum atomic E-state index is 12.9. The molecule has 2 aromatic rings. The quantitative estimate of drug-likeness (QED) is 0.376. The Balaban J connectivity index is 1.80. The predicted octanol–water partition coefficient (Wildman–Crippen LogP) is 3.78. The molecule has 3 N–H and O–H groups in total. The van der Waals surface area contributed by atoms with E-state index in [-0.39, 0.29) is 25.2 Å². The number of urea groups is 1. The van der Waals surface area contributed by atoms with Crippen LogP contribution in [0.25, 0.3) is 0 Å². The zero-order valence-corrected chi connectivity index (χ0v) is 15.7. The largest absolute Gasteiger partial charge is 0.466 e. The van der Waals surface area contributed by atoms with Gasteiger partial charge in [-0.1, -0.05) is 23.7 Å². The van der Waals surface area contributed by atoms with Crippen LogP contribution in [0.4, 0.5) is 9.18 Å². The van der Waals surface area contributed by atoms with Gasteiger partial charge in [0.05, 0.1) is 19.1 Å². The van der Waals surface area contributed by atoms with Crippen molar-refractivity contribution in [2.75, 3.05) is 6.61 Å². The van der Waals surface area contributed by atoms with E-state index in [1.807, 2.05) is 0 Å². The summed E-state index contributed by atoms with van der Waals surface area (Å²) in [6.07, 6.45) is 0.381. The number of nitrogens with two attached hydrogens (primary N) is 1. The van der Waals surface area contributed by atoms with E-state index in [0.717, 1.165) is 0 Å². The maximum absolute atomic E-state index is 12.9. The molecule has 0 aliphatic heterocycles. The van der Waals surface area contributed by atoms with E-state index in [9.17, 15) is 18.8 Å². The third kappa shape index (κ3) is 7.00. The van der Waals surface area contributed by atoms with Crippen LogP contribution in [-0.4, -0.2) is 24.4 Å². The highest BCUT2D eigenvalue weighted by Gasteiger charge is 2.18. The number of hydrogen-bond acceptors (Lipinski definition) is 4. The van der Waals surface area contributed by atoms with Crippen molar-refractivity contribution in [1.29, 1.82) is 0 Å². The SMILES string of the molecule is NC(=O)N[C@@H](CC(=O)OCCCC(=O)c1ccc(F)cc1)c1ccc(Cl)cc1. The van der Waals surface area contributed by atoms with Crippen molar-refractivity contribution in [1.82, 2.24) is 5.32 Å². The molecule has 0 aliphatic carbocycles. The third-order valence-electron chi connectivity index (χ3n) is 3.94. The summed E-state index contributed by atoms with van der Waals surface area (Å²) < 4.78 is 18.0. The van der Waals surface area contributed by atoms with Crippen LogP contribution in [0, 0.1) is 5.82 Å². The molecule has 6 nitrogen and oxygen atoms in total. The molecule has 0 radical (unpaired) electrons. The second-order valence-corrected chi connectivity index (χ2v) is 6.51. The van der Waals surface area contributed by atoms with E-state index in [4.69, 9.17) is 22.1 Å². The first kappa shape index (κ1) is 21.4. The predicted molar refractivity (Wildman–Crippen MR) is 102 cm³/mol. The average Bonchev–Trinajstić information content (AvgIpc) is 2.65. The molecule has 2 amide bonds. The Bertz CT molecular complexity index is 825. The van der Waals surface area contributed by atoms with Gasteiger partial charge in [-0.25, -0.2) is 9.18 Å². The molecular formula is C20H20ClFN2O4. The van der Waals surface area contributed by atoms with Crippen molar-refractivity contribution in [3.8, 4) is 0 Å². The number of primary amides is 1. The topological polar surface area (TPSA) is 98.5 Å². The average molecular weight is 407 g/mol. The number of Topliss-reactive ketones (excluding diaryl/α,β-unsaturated/α-hetero) is 1. The smallest absolute Gasteiger partial charge is 0.312 e. The molecule has 2 aromatic carbocycles. The first-order valence-corrected chi connectivity index (χ1v) is 8.99. The molecule has 0 aliphatic rings. The number of rotatable bonds is 9. The van der Waals surface area contributed by atoms with Crippen molar-refractivity contribution in [3.63, 3.8) is 0 Å². The summed E-state index contributed by atoms with van der Waals surface area (Å²) in [6.45, 7) is 0.0513. The fourth-order valence-corrected chi connectivity index (χ4v) is 2.67. The Labute approximate surface area is 166 Å². The molecule has 0 fully saturated rings. The van der Waals surface area contributed by atoms with Gasteiger partial charge in [0.15, 0.2) is 5.78 Å². The van der Waals surface area contributed by atoms with Crippen molar-refractivity contribution < 1.29 is 23.5 Å². The molecule has 148 valence electrons. The zero-order chi connectivity index (χ0) is 20.5. The molecule has 8 heteroatoms. The van der Waals surface area contributed by atoms with Gasteiger partial charge >= 0.3 is 12.0 Å². The fraction of sp³-hybridized carbons (Fsp3) is 0.250. The van der Waals surface area contributed by atoms with Crippen molar-refractivity contribution >= 4 is 29.4 Å². The summed E-state index contributed by atoms with van der Waals surface area (Å²) in [5.74, 6) is -1.11. The van der Waals surface area contributed by atoms with Crippen LogP contribution in [0.1, 0.15) is 41.2 Å². The van der Waals surface area contributed by atoms with Crippen LogP contribution < -0.4 is 11.1 Å². The van der Waals surface area contributed by atoms with Gasteiger partial charge in [-0.3, -0.25) is 9.59 Å². The van der Waals surface area contributed by atoms with Crippen LogP contribution in [0.15, 0.2) is 48.5 Å². The molecule has 28 heavy (non-hydrogen) atoms. The van der Waals surface area contributed by atoms with E-state index in [1.165, 1.54) is 24.3 Å². The minimum atomic E-state index is -0.766. The molecule has 0 spiro atoms. The van der Waals surface area contributed by atoms with Gasteiger partial charge in [0.25, 0.3) is 0 Å². The van der Waals surface area contributed by atoms with Crippen LogP contribution >= 0.6 is 11.6 Å². The summed E-state index contributed by atoms with van der Waals surface area (Å²) in [5.41, 5.74) is 6.23. The van der Waals surface area contributed by atoms with Gasteiger partial charge in [-0.15, -0.1) is 0 Å². The standard InChI is InChI=1S/C20H20ClFN2O4/c21-15-7-3-13(4-8-15)17(24-20(23)27)12-19(26)28-11-1-2-18(25)14-5-9-16(22)10-6-14/h3-10,17H,1-2,11-12H2,(H3,23,24,27)/t17-/m0/s1. The Morgan fingerprint density at radius 3 is 2.32 bits per heavy atom. The van der Waals surface area contributed by atoms with Crippen LogP contribution in [0.5, 0.6) is 0 Å². The number of carbonyl (C=O) groups is 3. The van der Waals surface area contributed by atoms with E-state index in [0.29, 0.717) is 22.6 Å². The first-order chi connectivity index (χ1) is 13.3. The summed E-state index contributed by atoms with van der Waals surface area (Å²) >= 11 is 5.84. The zero-order valence-electron chi connectivity index (χ0n) is 15.0. The molecule has 0 heterocycles. The number of ketones is 1. The third-order valence-corrected chi connectivity index (χ3v) is 4.19.